The van der Waals surface area contributed by atoms with Crippen molar-refractivity contribution in [3.63, 3.8) is 0 Å². The van der Waals surface area contributed by atoms with E-state index in [1.54, 1.807) is 18.3 Å². The lowest BCUT2D eigenvalue weighted by Gasteiger charge is -2.35. The van der Waals surface area contributed by atoms with Gasteiger partial charge in [-0.05, 0) is 19.2 Å². The van der Waals surface area contributed by atoms with Crippen molar-refractivity contribution in [2.45, 2.75) is 6.42 Å². The maximum absolute atomic E-state index is 11.9. The average Bonchev–Trinajstić information content (AvgIpc) is 2.52. The molecule has 7 heteroatoms. The molecule has 1 N–H and O–H groups in total. The standard InChI is InChI=1S/C14H19N5O.ClH/c1-16-4-3-14(20)19-8-6-18(7-9-19)13-10-12(11-15)2-5-17-13;/h2,5,10,16H,3-4,6-9H2,1H3;1H. The molecule has 2 rings (SSSR count). The van der Waals surface area contributed by atoms with Gasteiger partial charge in [-0.25, -0.2) is 4.98 Å². The predicted molar refractivity (Wildman–Crippen MR) is 83.5 cm³/mol. The molecule has 1 aliphatic heterocycles. The highest BCUT2D eigenvalue weighted by Crippen LogP contribution is 2.15. The number of nitriles is 1. The third-order valence-corrected chi connectivity index (χ3v) is 3.42. The Balaban J connectivity index is 0.00000220. The predicted octanol–water partition coefficient (Wildman–Crippen LogP) is 0.633. The number of carbonyl (C=O) groups is 1. The Morgan fingerprint density at radius 2 is 2.14 bits per heavy atom. The molecule has 0 saturated carbocycles. The van der Waals surface area contributed by atoms with Crippen molar-refractivity contribution in [3.05, 3.63) is 23.9 Å². The Morgan fingerprint density at radius 3 is 2.76 bits per heavy atom. The fourth-order valence-electron chi connectivity index (χ4n) is 2.24. The van der Waals surface area contributed by atoms with Gasteiger partial charge in [0.25, 0.3) is 0 Å². The van der Waals surface area contributed by atoms with Crippen LogP contribution in [0.5, 0.6) is 0 Å². The average molecular weight is 310 g/mol. The topological polar surface area (TPSA) is 72.3 Å². The quantitative estimate of drug-likeness (QED) is 0.883. The second-order valence-corrected chi connectivity index (χ2v) is 4.74. The van der Waals surface area contributed by atoms with E-state index in [1.165, 1.54) is 0 Å². The summed E-state index contributed by atoms with van der Waals surface area (Å²) in [5.41, 5.74) is 0.613. The second-order valence-electron chi connectivity index (χ2n) is 4.74. The maximum Gasteiger partial charge on any atom is 0.223 e. The first-order chi connectivity index (χ1) is 9.74. The molecule has 0 radical (unpaired) electrons. The van der Waals surface area contributed by atoms with Crippen molar-refractivity contribution in [3.8, 4) is 6.07 Å². The normalized spacial score (nSPS) is 14.3. The van der Waals surface area contributed by atoms with Crippen LogP contribution in [0.25, 0.3) is 0 Å². The lowest BCUT2D eigenvalue weighted by Crippen LogP contribution is -2.49. The number of halogens is 1. The van der Waals surface area contributed by atoms with E-state index >= 15 is 0 Å². The summed E-state index contributed by atoms with van der Waals surface area (Å²) in [5, 5.41) is 11.9. The van der Waals surface area contributed by atoms with Crippen molar-refractivity contribution < 1.29 is 4.79 Å². The molecule has 0 aliphatic carbocycles. The van der Waals surface area contributed by atoms with E-state index in [2.05, 4.69) is 21.3 Å². The van der Waals surface area contributed by atoms with E-state index in [-0.39, 0.29) is 18.3 Å². The number of piperazine rings is 1. The Kier molecular flexibility index (Phi) is 6.92. The Hall–Kier alpha value is -1.84. The molecular formula is C14H20ClN5O. The Labute approximate surface area is 131 Å². The molecule has 114 valence electrons. The van der Waals surface area contributed by atoms with Gasteiger partial charge in [0.15, 0.2) is 0 Å². The van der Waals surface area contributed by atoms with E-state index in [9.17, 15) is 4.79 Å². The number of nitrogens with zero attached hydrogens (tertiary/aromatic N) is 4. The number of carbonyl (C=O) groups excluding carboxylic acids is 1. The van der Waals surface area contributed by atoms with Crippen LogP contribution >= 0.6 is 12.4 Å². The van der Waals surface area contributed by atoms with E-state index in [1.807, 2.05) is 11.9 Å². The van der Waals surface area contributed by atoms with Crippen LogP contribution in [-0.2, 0) is 4.79 Å². The van der Waals surface area contributed by atoms with E-state index in [4.69, 9.17) is 5.26 Å². The van der Waals surface area contributed by atoms with Gasteiger partial charge in [0.1, 0.15) is 5.82 Å². The van der Waals surface area contributed by atoms with Crippen LogP contribution < -0.4 is 10.2 Å². The molecule has 0 atom stereocenters. The molecule has 1 amide bonds. The van der Waals surface area contributed by atoms with Gasteiger partial charge in [0, 0.05) is 45.3 Å². The minimum Gasteiger partial charge on any atom is -0.353 e. The second kappa shape index (κ2) is 8.45. The van der Waals surface area contributed by atoms with Crippen LogP contribution in [0.3, 0.4) is 0 Å². The van der Waals surface area contributed by atoms with Crippen molar-refractivity contribution in [2.24, 2.45) is 0 Å². The van der Waals surface area contributed by atoms with Crippen LogP contribution in [0.4, 0.5) is 5.82 Å². The van der Waals surface area contributed by atoms with E-state index in [0.717, 1.165) is 18.9 Å². The Morgan fingerprint density at radius 1 is 1.43 bits per heavy atom. The summed E-state index contributed by atoms with van der Waals surface area (Å²) in [6.07, 6.45) is 2.19. The van der Waals surface area contributed by atoms with Gasteiger partial charge in [-0.15, -0.1) is 12.4 Å². The summed E-state index contributed by atoms with van der Waals surface area (Å²) in [4.78, 5) is 20.2. The number of rotatable bonds is 4. The van der Waals surface area contributed by atoms with Crippen molar-refractivity contribution >= 4 is 24.1 Å². The smallest absolute Gasteiger partial charge is 0.223 e. The molecule has 0 spiro atoms. The molecule has 1 fully saturated rings. The molecule has 6 nitrogen and oxygen atoms in total. The van der Waals surface area contributed by atoms with Crippen molar-refractivity contribution in [1.29, 1.82) is 5.26 Å². The summed E-state index contributed by atoms with van der Waals surface area (Å²) < 4.78 is 0. The monoisotopic (exact) mass is 309 g/mol. The number of hydrogen-bond donors (Lipinski definition) is 1. The third-order valence-electron chi connectivity index (χ3n) is 3.42. The maximum atomic E-state index is 11.9. The van der Waals surface area contributed by atoms with Gasteiger partial charge in [-0.1, -0.05) is 0 Å². The zero-order valence-electron chi connectivity index (χ0n) is 12.1. The SMILES string of the molecule is CNCCC(=O)N1CCN(c2cc(C#N)ccn2)CC1.Cl. The minimum atomic E-state index is 0. The van der Waals surface area contributed by atoms with Gasteiger partial charge in [-0.3, -0.25) is 4.79 Å². The number of anilines is 1. The van der Waals surface area contributed by atoms with Gasteiger partial charge < -0.3 is 15.1 Å². The first-order valence-corrected chi connectivity index (χ1v) is 6.78. The molecule has 21 heavy (non-hydrogen) atoms. The summed E-state index contributed by atoms with van der Waals surface area (Å²) >= 11 is 0. The highest BCUT2D eigenvalue weighted by molar-refractivity contribution is 5.85. The molecule has 1 aromatic rings. The summed E-state index contributed by atoms with van der Waals surface area (Å²) in [6.45, 7) is 3.65. The molecule has 0 aromatic carbocycles. The number of amides is 1. The zero-order chi connectivity index (χ0) is 14.4. The number of aromatic nitrogens is 1. The highest BCUT2D eigenvalue weighted by Gasteiger charge is 2.21. The van der Waals surface area contributed by atoms with E-state index in [0.29, 0.717) is 31.6 Å². The fourth-order valence-corrected chi connectivity index (χ4v) is 2.24. The first-order valence-electron chi connectivity index (χ1n) is 6.78. The summed E-state index contributed by atoms with van der Waals surface area (Å²) in [5.74, 6) is 1.00. The summed E-state index contributed by atoms with van der Waals surface area (Å²) in [6, 6.07) is 5.60. The third kappa shape index (κ3) is 4.59. The fraction of sp³-hybridized carbons (Fsp3) is 0.500. The van der Waals surface area contributed by atoms with Crippen LogP contribution in [-0.4, -0.2) is 55.6 Å². The van der Waals surface area contributed by atoms with Crippen molar-refractivity contribution in [2.75, 3.05) is 44.7 Å². The van der Waals surface area contributed by atoms with Crippen LogP contribution in [0.2, 0.25) is 0 Å². The van der Waals surface area contributed by atoms with Gasteiger partial charge in [0.2, 0.25) is 5.91 Å². The zero-order valence-corrected chi connectivity index (χ0v) is 12.9. The highest BCUT2D eigenvalue weighted by atomic mass is 35.5. The van der Waals surface area contributed by atoms with Crippen LogP contribution in [0.1, 0.15) is 12.0 Å². The lowest BCUT2D eigenvalue weighted by molar-refractivity contribution is -0.131. The first kappa shape index (κ1) is 17.2. The Bertz CT molecular complexity index is 508. The molecular weight excluding hydrogens is 290 g/mol. The number of hydrogen-bond acceptors (Lipinski definition) is 5. The molecule has 2 heterocycles. The van der Waals surface area contributed by atoms with Gasteiger partial charge in [0.05, 0.1) is 11.6 Å². The minimum absolute atomic E-state index is 0. The molecule has 1 aromatic heterocycles. The molecule has 1 aliphatic rings. The lowest BCUT2D eigenvalue weighted by atomic mass is 10.2. The van der Waals surface area contributed by atoms with E-state index < -0.39 is 0 Å². The van der Waals surface area contributed by atoms with Crippen LogP contribution in [0.15, 0.2) is 18.3 Å². The molecule has 1 saturated heterocycles. The number of pyridine rings is 1. The van der Waals surface area contributed by atoms with Gasteiger partial charge in [-0.2, -0.15) is 5.26 Å². The van der Waals surface area contributed by atoms with Gasteiger partial charge >= 0.3 is 0 Å². The van der Waals surface area contributed by atoms with Crippen LogP contribution in [0, 0.1) is 11.3 Å². The van der Waals surface area contributed by atoms with Crippen molar-refractivity contribution in [1.82, 2.24) is 15.2 Å². The largest absolute Gasteiger partial charge is 0.353 e. The number of nitrogens with one attached hydrogen (secondary N) is 1. The molecule has 0 bridgehead atoms. The molecule has 0 unspecified atom stereocenters. The summed E-state index contributed by atoms with van der Waals surface area (Å²) in [7, 11) is 1.85.